The average molecular weight is 296 g/mol. The summed E-state index contributed by atoms with van der Waals surface area (Å²) in [6, 6.07) is 7.40. The van der Waals surface area contributed by atoms with Crippen LogP contribution in [0.2, 0.25) is 0 Å². The summed E-state index contributed by atoms with van der Waals surface area (Å²) < 4.78 is 0. The van der Waals surface area contributed by atoms with Crippen LogP contribution in [0, 0.1) is 0 Å². The van der Waals surface area contributed by atoms with Crippen LogP contribution >= 0.6 is 11.8 Å². The highest BCUT2D eigenvalue weighted by Crippen LogP contribution is 2.13. The zero-order valence-corrected chi connectivity index (χ0v) is 11.6. The van der Waals surface area contributed by atoms with Gasteiger partial charge in [0.2, 0.25) is 11.8 Å². The number of carboxylic acid groups (broad SMARTS) is 1. The zero-order valence-electron chi connectivity index (χ0n) is 10.7. The van der Waals surface area contributed by atoms with Crippen LogP contribution in [0.1, 0.15) is 18.0 Å². The van der Waals surface area contributed by atoms with Gasteiger partial charge in [-0.05, 0) is 5.56 Å². The molecule has 0 spiro atoms. The highest BCUT2D eigenvalue weighted by Gasteiger charge is 2.21. The normalized spacial score (nSPS) is 11.6. The molecule has 1 aromatic rings. The van der Waals surface area contributed by atoms with Crippen LogP contribution in [-0.4, -0.2) is 34.4 Å². The van der Waals surface area contributed by atoms with Crippen LogP contribution in [0.25, 0.3) is 0 Å². The predicted octanol–water partition coefficient (Wildman–Crippen LogP) is 0.537. The Morgan fingerprint density at radius 2 is 1.90 bits per heavy atom. The van der Waals surface area contributed by atoms with E-state index in [2.05, 4.69) is 5.32 Å². The number of benzene rings is 1. The molecule has 0 radical (unpaired) electrons. The van der Waals surface area contributed by atoms with Gasteiger partial charge in [0.25, 0.3) is 0 Å². The first-order chi connectivity index (χ1) is 9.50. The first-order valence-corrected chi connectivity index (χ1v) is 7.09. The summed E-state index contributed by atoms with van der Waals surface area (Å²) in [7, 11) is 0. The minimum absolute atomic E-state index is 0.133. The van der Waals surface area contributed by atoms with Gasteiger partial charge in [0.1, 0.15) is 0 Å². The highest BCUT2D eigenvalue weighted by atomic mass is 32.2. The van der Waals surface area contributed by atoms with E-state index in [-0.39, 0.29) is 18.1 Å². The molecule has 0 aliphatic rings. The molecule has 6 nitrogen and oxygen atoms in total. The van der Waals surface area contributed by atoms with Crippen molar-refractivity contribution in [3.63, 3.8) is 0 Å². The van der Waals surface area contributed by atoms with E-state index in [1.807, 2.05) is 0 Å². The van der Waals surface area contributed by atoms with Crippen molar-refractivity contribution in [1.29, 1.82) is 0 Å². The Morgan fingerprint density at radius 3 is 2.45 bits per heavy atom. The molecule has 0 aliphatic heterocycles. The van der Waals surface area contributed by atoms with Gasteiger partial charge >= 0.3 is 5.97 Å². The molecular weight excluding hydrogens is 280 g/mol. The molecular formula is C13H16N2O4S. The lowest BCUT2D eigenvalue weighted by molar-refractivity contribution is -0.142. The van der Waals surface area contributed by atoms with Gasteiger partial charge in [0.05, 0.1) is 5.75 Å². The number of hydrogen-bond donors (Lipinski definition) is 3. The largest absolute Gasteiger partial charge is 0.479 e. The fraction of sp³-hybridized carbons (Fsp3) is 0.308. The number of carbonyl (C=O) groups is 3. The molecule has 0 aliphatic carbocycles. The summed E-state index contributed by atoms with van der Waals surface area (Å²) in [4.78, 5) is 33.4. The van der Waals surface area contributed by atoms with Gasteiger partial charge in [0, 0.05) is 12.2 Å². The summed E-state index contributed by atoms with van der Waals surface area (Å²) in [6.45, 7) is 0. The molecule has 0 saturated carbocycles. The third kappa shape index (κ3) is 5.75. The maximum atomic E-state index is 11.7. The molecule has 0 heterocycles. The maximum Gasteiger partial charge on any atom is 0.330 e. The Balaban J connectivity index is 2.48. The van der Waals surface area contributed by atoms with E-state index in [1.54, 1.807) is 30.3 Å². The molecule has 4 N–H and O–H groups in total. The number of primary amides is 1. The van der Waals surface area contributed by atoms with Crippen molar-refractivity contribution in [1.82, 2.24) is 5.32 Å². The molecule has 20 heavy (non-hydrogen) atoms. The molecule has 2 amide bonds. The second-order valence-electron chi connectivity index (χ2n) is 4.02. The number of amides is 2. The van der Waals surface area contributed by atoms with E-state index in [9.17, 15) is 14.4 Å². The summed E-state index contributed by atoms with van der Waals surface area (Å²) in [5.41, 5.74) is 5.48. The lowest BCUT2D eigenvalue weighted by atomic mass is 10.1. The van der Waals surface area contributed by atoms with Gasteiger partial charge in [-0.3, -0.25) is 9.59 Å². The molecule has 7 heteroatoms. The number of hydrogen-bond acceptors (Lipinski definition) is 4. The monoisotopic (exact) mass is 296 g/mol. The minimum Gasteiger partial charge on any atom is -0.479 e. The lowest BCUT2D eigenvalue weighted by Gasteiger charge is -2.14. The fourth-order valence-corrected chi connectivity index (χ4v) is 2.18. The zero-order chi connectivity index (χ0) is 15.0. The second-order valence-corrected chi connectivity index (χ2v) is 5.12. The van der Waals surface area contributed by atoms with Crippen LogP contribution < -0.4 is 11.1 Å². The van der Waals surface area contributed by atoms with E-state index in [0.717, 1.165) is 0 Å². The Hall–Kier alpha value is -2.02. The summed E-state index contributed by atoms with van der Waals surface area (Å²) >= 11 is 1.24. The van der Waals surface area contributed by atoms with Crippen LogP contribution in [-0.2, 0) is 14.4 Å². The van der Waals surface area contributed by atoms with Crippen LogP contribution in [0.3, 0.4) is 0 Å². The molecule has 1 aromatic carbocycles. The van der Waals surface area contributed by atoms with Crippen LogP contribution in [0.15, 0.2) is 30.3 Å². The Labute approximate surface area is 120 Å². The van der Waals surface area contributed by atoms with E-state index >= 15 is 0 Å². The number of carboxylic acids is 1. The van der Waals surface area contributed by atoms with Crippen LogP contribution in [0.5, 0.6) is 0 Å². The van der Waals surface area contributed by atoms with Crippen molar-refractivity contribution in [3.8, 4) is 0 Å². The summed E-state index contributed by atoms with van der Waals surface area (Å²) in [5, 5.41) is 11.6. The number of carbonyl (C=O) groups excluding carboxylic acids is 2. The predicted molar refractivity (Wildman–Crippen MR) is 76.1 cm³/mol. The average Bonchev–Trinajstić information content (AvgIpc) is 2.41. The fourth-order valence-electron chi connectivity index (χ4n) is 1.50. The number of aliphatic carboxylic acids is 1. The van der Waals surface area contributed by atoms with E-state index in [0.29, 0.717) is 11.3 Å². The Morgan fingerprint density at radius 1 is 1.25 bits per heavy atom. The van der Waals surface area contributed by atoms with E-state index in [4.69, 9.17) is 10.8 Å². The maximum absolute atomic E-state index is 11.7. The molecule has 0 saturated heterocycles. The molecule has 0 aromatic heterocycles. The highest BCUT2D eigenvalue weighted by molar-refractivity contribution is 7.99. The summed E-state index contributed by atoms with van der Waals surface area (Å²) in [5.74, 6) is -1.37. The van der Waals surface area contributed by atoms with Crippen molar-refractivity contribution in [2.75, 3.05) is 11.5 Å². The molecule has 0 bridgehead atoms. The number of nitrogens with two attached hydrogens (primary N) is 1. The van der Waals surface area contributed by atoms with E-state index < -0.39 is 17.9 Å². The van der Waals surface area contributed by atoms with Gasteiger partial charge in [0.15, 0.2) is 6.04 Å². The smallest absolute Gasteiger partial charge is 0.330 e. The molecule has 1 atom stereocenters. The molecule has 1 rings (SSSR count). The number of nitrogens with one attached hydrogen (secondary N) is 1. The summed E-state index contributed by atoms with van der Waals surface area (Å²) in [6.07, 6.45) is 0.133. The van der Waals surface area contributed by atoms with Gasteiger partial charge in [-0.25, -0.2) is 4.79 Å². The van der Waals surface area contributed by atoms with Gasteiger partial charge in [-0.1, -0.05) is 30.3 Å². The third-order valence-electron chi connectivity index (χ3n) is 2.40. The first kappa shape index (κ1) is 16.0. The van der Waals surface area contributed by atoms with Gasteiger partial charge in [-0.2, -0.15) is 11.8 Å². The first-order valence-electron chi connectivity index (χ1n) is 5.94. The Bertz CT molecular complexity index is 479. The SMILES string of the molecule is NC(=O)CSCCC(=O)N[C@@H](C(=O)O)c1ccccc1. The molecule has 0 unspecified atom stereocenters. The van der Waals surface area contributed by atoms with Gasteiger partial charge < -0.3 is 16.2 Å². The standard InChI is InChI=1S/C13H16N2O4S/c14-10(16)8-20-7-6-11(17)15-12(13(18)19)9-4-2-1-3-5-9/h1-5,12H,6-8H2,(H2,14,16)(H,15,17)(H,18,19)/t12-/m1/s1. The molecule has 108 valence electrons. The van der Waals surface area contributed by atoms with Crippen molar-refractivity contribution in [3.05, 3.63) is 35.9 Å². The number of rotatable bonds is 8. The Kier molecular flexibility index (Phi) is 6.58. The second kappa shape index (κ2) is 8.21. The van der Waals surface area contributed by atoms with Crippen molar-refractivity contribution >= 4 is 29.5 Å². The van der Waals surface area contributed by atoms with Crippen molar-refractivity contribution in [2.45, 2.75) is 12.5 Å². The third-order valence-corrected chi connectivity index (χ3v) is 3.38. The van der Waals surface area contributed by atoms with Crippen molar-refractivity contribution in [2.24, 2.45) is 5.73 Å². The number of thioether (sulfide) groups is 1. The quantitative estimate of drug-likeness (QED) is 0.606. The lowest BCUT2D eigenvalue weighted by Crippen LogP contribution is -2.33. The van der Waals surface area contributed by atoms with E-state index in [1.165, 1.54) is 11.8 Å². The van der Waals surface area contributed by atoms with Crippen molar-refractivity contribution < 1.29 is 19.5 Å². The molecule has 0 fully saturated rings. The van der Waals surface area contributed by atoms with Crippen LogP contribution in [0.4, 0.5) is 0 Å². The topological polar surface area (TPSA) is 109 Å². The van der Waals surface area contributed by atoms with Gasteiger partial charge in [-0.15, -0.1) is 0 Å². The minimum atomic E-state index is -1.12.